The number of nitrogens with one attached hydrogen (secondary N) is 1. The molecule has 152 valence electrons. The average Bonchev–Trinajstić information content (AvgIpc) is 3.02. The molecule has 0 fully saturated rings. The van der Waals surface area contributed by atoms with E-state index in [1.165, 1.54) is 15.6 Å². The number of fused-ring (bicyclic) bond motifs is 1. The van der Waals surface area contributed by atoms with E-state index < -0.39 is 0 Å². The molecule has 0 aliphatic heterocycles. The molecule has 0 unspecified atom stereocenters. The average molecular weight is 401 g/mol. The summed E-state index contributed by atoms with van der Waals surface area (Å²) in [5.41, 5.74) is 3.11. The number of hydrogen-bond donors (Lipinski definition) is 1. The van der Waals surface area contributed by atoms with E-state index in [1.807, 2.05) is 57.2 Å². The Morgan fingerprint density at radius 1 is 1.03 bits per heavy atom. The lowest BCUT2D eigenvalue weighted by atomic mass is 10.2. The predicted molar refractivity (Wildman–Crippen MR) is 119 cm³/mol. The summed E-state index contributed by atoms with van der Waals surface area (Å²) < 4.78 is 2.78. The molecule has 7 nitrogen and oxygen atoms in total. The third-order valence-electron chi connectivity index (χ3n) is 5.01. The Bertz CT molecular complexity index is 1360. The van der Waals surface area contributed by atoms with Crippen LogP contribution in [0.25, 0.3) is 16.6 Å². The lowest BCUT2D eigenvalue weighted by Crippen LogP contribution is -2.23. The van der Waals surface area contributed by atoms with Gasteiger partial charge in [0.1, 0.15) is 5.82 Å². The van der Waals surface area contributed by atoms with Crippen LogP contribution >= 0.6 is 0 Å². The fourth-order valence-corrected chi connectivity index (χ4v) is 3.38. The van der Waals surface area contributed by atoms with E-state index in [0.29, 0.717) is 34.4 Å². The molecule has 2 aromatic carbocycles. The van der Waals surface area contributed by atoms with Crippen molar-refractivity contribution < 1.29 is 0 Å². The maximum atomic E-state index is 13.0. The maximum Gasteiger partial charge on any atom is 0.282 e. The number of H-pyrrole nitrogens is 1. The van der Waals surface area contributed by atoms with Gasteiger partial charge in [-0.3, -0.25) is 14.7 Å². The number of aromatic nitrogens is 4. The van der Waals surface area contributed by atoms with Crippen LogP contribution in [0, 0.1) is 13.8 Å². The van der Waals surface area contributed by atoms with Crippen LogP contribution in [-0.4, -0.2) is 25.7 Å². The molecule has 1 N–H and O–H groups in total. The smallest absolute Gasteiger partial charge is 0.282 e. The van der Waals surface area contributed by atoms with E-state index in [0.717, 1.165) is 17.7 Å². The Kier molecular flexibility index (Phi) is 5.18. The van der Waals surface area contributed by atoms with Gasteiger partial charge in [0.2, 0.25) is 0 Å². The van der Waals surface area contributed by atoms with Crippen molar-refractivity contribution >= 4 is 17.1 Å². The molecule has 0 saturated carbocycles. The van der Waals surface area contributed by atoms with Crippen molar-refractivity contribution in [3.63, 3.8) is 0 Å². The van der Waals surface area contributed by atoms with Gasteiger partial charge in [0.25, 0.3) is 11.1 Å². The molecule has 4 rings (SSSR count). The quantitative estimate of drug-likeness (QED) is 0.521. The molecule has 30 heavy (non-hydrogen) atoms. The third-order valence-corrected chi connectivity index (χ3v) is 5.01. The highest BCUT2D eigenvalue weighted by molar-refractivity contribution is 5.81. The number of benzene rings is 2. The molecule has 2 aromatic heterocycles. The van der Waals surface area contributed by atoms with Gasteiger partial charge in [0.05, 0.1) is 28.4 Å². The van der Waals surface area contributed by atoms with Crippen LogP contribution in [0.3, 0.4) is 0 Å². The molecule has 0 bridgehead atoms. The summed E-state index contributed by atoms with van der Waals surface area (Å²) in [5.74, 6) is 0.574. The van der Waals surface area contributed by atoms with Crippen LogP contribution in [0.4, 0.5) is 0 Å². The van der Waals surface area contributed by atoms with Crippen LogP contribution in [-0.2, 0) is 6.42 Å². The van der Waals surface area contributed by atoms with Crippen molar-refractivity contribution in [2.45, 2.75) is 33.6 Å². The highest BCUT2D eigenvalue weighted by Gasteiger charge is 2.13. The van der Waals surface area contributed by atoms with E-state index in [1.54, 1.807) is 12.1 Å². The minimum Gasteiger partial charge on any atom is -0.295 e. The number of aryl methyl sites for hydroxylation is 3. The zero-order chi connectivity index (χ0) is 21.3. The van der Waals surface area contributed by atoms with Gasteiger partial charge in [-0.25, -0.2) is 9.67 Å². The van der Waals surface area contributed by atoms with Crippen molar-refractivity contribution in [1.29, 1.82) is 0 Å². The van der Waals surface area contributed by atoms with Gasteiger partial charge in [-0.2, -0.15) is 9.78 Å². The van der Waals surface area contributed by atoms with Crippen molar-refractivity contribution in [2.24, 2.45) is 5.10 Å². The fraction of sp³-hybridized carbons (Fsp3) is 0.217. The summed E-state index contributed by atoms with van der Waals surface area (Å²) in [6, 6.07) is 14.9. The largest absolute Gasteiger partial charge is 0.295 e. The van der Waals surface area contributed by atoms with Crippen LogP contribution in [0.1, 0.15) is 36.0 Å². The molecule has 0 aliphatic carbocycles. The summed E-state index contributed by atoms with van der Waals surface area (Å²) in [4.78, 5) is 30.5. The third kappa shape index (κ3) is 3.50. The SMILES string of the molecule is CCCc1nc2ccccc2c(=O)n1N=Cc1c(C)[nH]n(-c2ccc(C)cc2)c1=O. The summed E-state index contributed by atoms with van der Waals surface area (Å²) in [6.07, 6.45) is 2.87. The first-order chi connectivity index (χ1) is 14.5. The summed E-state index contributed by atoms with van der Waals surface area (Å²) in [5, 5.41) is 7.95. The summed E-state index contributed by atoms with van der Waals surface area (Å²) in [6.45, 7) is 5.82. The number of aromatic amines is 1. The number of rotatable bonds is 5. The Hall–Kier alpha value is -3.74. The molecular formula is C23H23N5O2. The number of hydrogen-bond acceptors (Lipinski definition) is 4. The standard InChI is InChI=1S/C23H23N5O2/c1-4-7-21-25-20-9-6-5-8-18(20)22(29)28(21)24-14-19-16(3)26-27(23(19)30)17-12-10-15(2)11-13-17/h5-6,8-14,26H,4,7H2,1-3H3. The molecular weight excluding hydrogens is 378 g/mol. The lowest BCUT2D eigenvalue weighted by molar-refractivity contribution is 0.703. The molecule has 0 radical (unpaired) electrons. The monoisotopic (exact) mass is 401 g/mol. The van der Waals surface area contributed by atoms with Crippen LogP contribution < -0.4 is 11.1 Å². The van der Waals surface area contributed by atoms with Crippen LogP contribution in [0.2, 0.25) is 0 Å². The van der Waals surface area contributed by atoms with Gasteiger partial charge in [0.15, 0.2) is 0 Å². The maximum absolute atomic E-state index is 13.0. The Morgan fingerprint density at radius 3 is 2.50 bits per heavy atom. The topological polar surface area (TPSA) is 85.0 Å². The van der Waals surface area contributed by atoms with Gasteiger partial charge in [0, 0.05) is 12.1 Å². The van der Waals surface area contributed by atoms with Crippen LogP contribution in [0.15, 0.2) is 63.2 Å². The normalized spacial score (nSPS) is 11.6. The minimum absolute atomic E-state index is 0.223. The first-order valence-corrected chi connectivity index (χ1v) is 9.93. The van der Waals surface area contributed by atoms with E-state index >= 15 is 0 Å². The first-order valence-electron chi connectivity index (χ1n) is 9.93. The predicted octanol–water partition coefficient (Wildman–Crippen LogP) is 3.33. The van der Waals surface area contributed by atoms with Crippen molar-refractivity contribution in [3.8, 4) is 5.69 Å². The fourth-order valence-electron chi connectivity index (χ4n) is 3.38. The van der Waals surface area contributed by atoms with Crippen molar-refractivity contribution in [2.75, 3.05) is 0 Å². The second kappa shape index (κ2) is 7.94. The summed E-state index contributed by atoms with van der Waals surface area (Å²) >= 11 is 0. The van der Waals surface area contributed by atoms with Crippen molar-refractivity contribution in [3.05, 3.63) is 91.9 Å². The number of nitrogens with zero attached hydrogens (tertiary/aromatic N) is 4. The molecule has 7 heteroatoms. The lowest BCUT2D eigenvalue weighted by Gasteiger charge is -2.07. The van der Waals surface area contributed by atoms with E-state index in [2.05, 4.69) is 15.2 Å². The van der Waals surface area contributed by atoms with E-state index in [4.69, 9.17) is 0 Å². The zero-order valence-corrected chi connectivity index (χ0v) is 17.2. The second-order valence-corrected chi connectivity index (χ2v) is 7.28. The van der Waals surface area contributed by atoms with E-state index in [-0.39, 0.29) is 11.1 Å². The van der Waals surface area contributed by atoms with Gasteiger partial charge in [-0.05, 0) is 44.5 Å². The van der Waals surface area contributed by atoms with Gasteiger partial charge in [-0.15, -0.1) is 0 Å². The molecule has 2 heterocycles. The van der Waals surface area contributed by atoms with E-state index in [9.17, 15) is 9.59 Å². The van der Waals surface area contributed by atoms with Crippen molar-refractivity contribution in [1.82, 2.24) is 19.4 Å². The van der Waals surface area contributed by atoms with Crippen LogP contribution in [0.5, 0.6) is 0 Å². The second-order valence-electron chi connectivity index (χ2n) is 7.28. The van der Waals surface area contributed by atoms with Gasteiger partial charge in [-0.1, -0.05) is 36.8 Å². The Balaban J connectivity index is 1.81. The summed E-state index contributed by atoms with van der Waals surface area (Å²) in [7, 11) is 0. The minimum atomic E-state index is -0.243. The molecule has 0 saturated heterocycles. The number of para-hydroxylation sites is 1. The molecule has 0 aliphatic rings. The Labute approximate surface area is 173 Å². The Morgan fingerprint density at radius 2 is 1.77 bits per heavy atom. The molecule has 0 atom stereocenters. The first kappa shape index (κ1) is 19.6. The molecule has 0 spiro atoms. The zero-order valence-electron chi connectivity index (χ0n) is 17.2. The molecule has 0 amide bonds. The van der Waals surface area contributed by atoms with Gasteiger partial charge >= 0.3 is 0 Å². The molecule has 4 aromatic rings. The highest BCUT2D eigenvalue weighted by atomic mass is 16.1. The van der Waals surface area contributed by atoms with Gasteiger partial charge < -0.3 is 0 Å². The highest BCUT2D eigenvalue weighted by Crippen LogP contribution is 2.10.